The van der Waals surface area contributed by atoms with Crippen LogP contribution in [-0.4, -0.2) is 13.1 Å². The molecule has 0 saturated carbocycles. The monoisotopic (exact) mass is 402 g/mol. The van der Waals surface area contributed by atoms with Crippen LogP contribution < -0.4 is 33.4 Å². The quantitative estimate of drug-likeness (QED) is 0.415. The lowest BCUT2D eigenvalue weighted by molar-refractivity contribution is -0.654. The number of nitrogens with zero attached hydrogens (tertiary/aromatic N) is 4. The van der Waals surface area contributed by atoms with Gasteiger partial charge in [0.05, 0.1) is 17.8 Å². The first-order chi connectivity index (χ1) is 9.26. The van der Waals surface area contributed by atoms with Gasteiger partial charge in [0, 0.05) is 18.5 Å². The van der Waals surface area contributed by atoms with Gasteiger partial charge in [0.1, 0.15) is 11.9 Å². The van der Waals surface area contributed by atoms with Gasteiger partial charge in [0.2, 0.25) is 0 Å². The number of aryl methyl sites for hydroxylation is 1. The van der Waals surface area contributed by atoms with E-state index >= 15 is 0 Å². The molecule has 0 atom stereocenters. The standard InChI is InChI=1S/C14H19N4S.HI/c1-4-18(5-2)13-9-7-6-8-12(13)15-16-14-17(3)10-11-19-14;/h6-11H,4-5H2,1-3H3;1H/q+1;/p-1. The zero-order chi connectivity index (χ0) is 13.7. The highest BCUT2D eigenvalue weighted by molar-refractivity contribution is 7.12. The van der Waals surface area contributed by atoms with Crippen LogP contribution in [0.5, 0.6) is 0 Å². The predicted octanol–water partition coefficient (Wildman–Crippen LogP) is 0.838. The fourth-order valence-corrected chi connectivity index (χ4v) is 2.58. The summed E-state index contributed by atoms with van der Waals surface area (Å²) in [6, 6.07) is 8.13. The lowest BCUT2D eigenvalue weighted by atomic mass is 10.2. The van der Waals surface area contributed by atoms with E-state index in [1.807, 2.05) is 41.4 Å². The van der Waals surface area contributed by atoms with Crippen molar-refractivity contribution in [2.75, 3.05) is 18.0 Å². The normalized spacial score (nSPS) is 10.6. The number of aromatic nitrogens is 1. The molecule has 0 aliphatic heterocycles. The van der Waals surface area contributed by atoms with Gasteiger partial charge in [-0.1, -0.05) is 12.1 Å². The molecule has 2 rings (SSSR count). The summed E-state index contributed by atoms with van der Waals surface area (Å²) in [6.07, 6.45) is 1.98. The Balaban J connectivity index is 0.00000200. The first kappa shape index (κ1) is 17.0. The molecule has 0 saturated heterocycles. The molecule has 0 aliphatic carbocycles. The zero-order valence-corrected chi connectivity index (χ0v) is 14.9. The summed E-state index contributed by atoms with van der Waals surface area (Å²) < 4.78 is 1.97. The van der Waals surface area contributed by atoms with Crippen LogP contribution in [0.15, 0.2) is 46.1 Å². The molecular formula is C14H19IN4S. The SMILES string of the molecule is CCN(CC)c1ccccc1N=Nc1scc[n+]1C.[I-]. The molecule has 0 unspecified atom stereocenters. The Kier molecular flexibility index (Phi) is 7.08. The number of anilines is 1. The summed E-state index contributed by atoms with van der Waals surface area (Å²) in [4.78, 5) is 2.28. The van der Waals surface area contributed by atoms with Crippen molar-refractivity contribution in [3.8, 4) is 0 Å². The predicted molar refractivity (Wildman–Crippen MR) is 79.7 cm³/mol. The maximum Gasteiger partial charge on any atom is 0.408 e. The van der Waals surface area contributed by atoms with E-state index in [1.165, 1.54) is 0 Å². The van der Waals surface area contributed by atoms with E-state index in [1.54, 1.807) is 11.3 Å². The third kappa shape index (κ3) is 3.99. The van der Waals surface area contributed by atoms with Gasteiger partial charge >= 0.3 is 5.13 Å². The number of azo groups is 1. The summed E-state index contributed by atoms with van der Waals surface area (Å²) >= 11 is 1.58. The lowest BCUT2D eigenvalue weighted by Crippen LogP contribution is -3.00. The molecule has 2 aromatic rings. The molecule has 1 aromatic heterocycles. The van der Waals surface area contributed by atoms with Gasteiger partial charge in [-0.15, -0.1) is 0 Å². The van der Waals surface area contributed by atoms with E-state index < -0.39 is 0 Å². The second-order valence-electron chi connectivity index (χ2n) is 4.16. The highest BCUT2D eigenvalue weighted by Crippen LogP contribution is 2.29. The second kappa shape index (κ2) is 8.31. The number of hydrogen-bond acceptors (Lipinski definition) is 4. The Hall–Kier alpha value is -1.02. The first-order valence-electron chi connectivity index (χ1n) is 6.45. The van der Waals surface area contributed by atoms with Crippen molar-refractivity contribution >= 4 is 27.8 Å². The molecule has 6 heteroatoms. The molecule has 108 valence electrons. The van der Waals surface area contributed by atoms with Crippen LogP contribution >= 0.6 is 11.3 Å². The fourth-order valence-electron chi connectivity index (χ4n) is 1.90. The third-order valence-corrected chi connectivity index (χ3v) is 3.83. The fraction of sp³-hybridized carbons (Fsp3) is 0.357. The summed E-state index contributed by atoms with van der Waals surface area (Å²) in [5.74, 6) is 0. The van der Waals surface area contributed by atoms with Crippen LogP contribution in [0.4, 0.5) is 16.5 Å². The van der Waals surface area contributed by atoms with Crippen molar-refractivity contribution in [3.63, 3.8) is 0 Å². The third-order valence-electron chi connectivity index (χ3n) is 2.99. The summed E-state index contributed by atoms with van der Waals surface area (Å²) in [7, 11) is 1.97. The number of thiazole rings is 1. The number of hydrogen-bond donors (Lipinski definition) is 0. The van der Waals surface area contributed by atoms with Crippen LogP contribution in [0.3, 0.4) is 0 Å². The van der Waals surface area contributed by atoms with Crippen LogP contribution in [0.1, 0.15) is 13.8 Å². The minimum Gasteiger partial charge on any atom is -1.00 e. The van der Waals surface area contributed by atoms with Crippen molar-refractivity contribution in [1.29, 1.82) is 0 Å². The van der Waals surface area contributed by atoms with Crippen molar-refractivity contribution in [1.82, 2.24) is 0 Å². The van der Waals surface area contributed by atoms with Crippen molar-refractivity contribution in [2.45, 2.75) is 13.8 Å². The Morgan fingerprint density at radius 1 is 1.15 bits per heavy atom. The average molecular weight is 402 g/mol. The first-order valence-corrected chi connectivity index (χ1v) is 7.33. The largest absolute Gasteiger partial charge is 1.00 e. The molecule has 20 heavy (non-hydrogen) atoms. The van der Waals surface area contributed by atoms with Crippen molar-refractivity contribution in [3.05, 3.63) is 35.8 Å². The van der Waals surface area contributed by atoms with Crippen molar-refractivity contribution in [2.24, 2.45) is 17.3 Å². The lowest BCUT2D eigenvalue weighted by Gasteiger charge is -2.21. The summed E-state index contributed by atoms with van der Waals surface area (Å²) in [5.41, 5.74) is 2.05. The highest BCUT2D eigenvalue weighted by atomic mass is 127. The smallest absolute Gasteiger partial charge is 0.408 e. The zero-order valence-electron chi connectivity index (χ0n) is 12.0. The van der Waals surface area contributed by atoms with E-state index in [2.05, 4.69) is 35.0 Å². The van der Waals surface area contributed by atoms with E-state index in [-0.39, 0.29) is 24.0 Å². The van der Waals surface area contributed by atoms with Gasteiger partial charge in [-0.2, -0.15) is 0 Å². The molecule has 0 aliphatic rings. The molecule has 1 heterocycles. The maximum absolute atomic E-state index is 4.40. The average Bonchev–Trinajstić information content (AvgIpc) is 2.84. The highest BCUT2D eigenvalue weighted by Gasteiger charge is 2.11. The van der Waals surface area contributed by atoms with Crippen LogP contribution in [-0.2, 0) is 7.05 Å². The molecule has 1 aromatic carbocycles. The summed E-state index contributed by atoms with van der Waals surface area (Å²) in [6.45, 7) is 6.24. The second-order valence-corrected chi connectivity index (χ2v) is 5.03. The van der Waals surface area contributed by atoms with E-state index in [4.69, 9.17) is 0 Å². The number of halogens is 1. The molecule has 0 amide bonds. The Labute approximate surface area is 141 Å². The number of rotatable bonds is 5. The maximum atomic E-state index is 4.40. The summed E-state index contributed by atoms with van der Waals surface area (Å²) in [5, 5.41) is 11.6. The minimum atomic E-state index is 0. The van der Waals surface area contributed by atoms with Crippen LogP contribution in [0.25, 0.3) is 0 Å². The van der Waals surface area contributed by atoms with E-state index in [9.17, 15) is 0 Å². The van der Waals surface area contributed by atoms with E-state index in [0.717, 1.165) is 29.6 Å². The molecular weight excluding hydrogens is 383 g/mol. The Bertz CT molecular complexity index is 564. The van der Waals surface area contributed by atoms with Gasteiger partial charge in [-0.05, 0) is 42.4 Å². The Morgan fingerprint density at radius 2 is 1.85 bits per heavy atom. The number of benzene rings is 1. The van der Waals surface area contributed by atoms with Gasteiger partial charge in [-0.25, -0.2) is 4.57 Å². The van der Waals surface area contributed by atoms with E-state index in [0.29, 0.717) is 0 Å². The van der Waals surface area contributed by atoms with Gasteiger partial charge in [0.15, 0.2) is 0 Å². The molecule has 0 N–H and O–H groups in total. The molecule has 4 nitrogen and oxygen atoms in total. The molecule has 0 radical (unpaired) electrons. The van der Waals surface area contributed by atoms with Gasteiger partial charge < -0.3 is 28.9 Å². The molecule has 0 spiro atoms. The molecule has 0 bridgehead atoms. The topological polar surface area (TPSA) is 31.8 Å². The molecule has 0 fully saturated rings. The van der Waals surface area contributed by atoms with Crippen molar-refractivity contribution < 1.29 is 28.5 Å². The Morgan fingerprint density at radius 3 is 2.45 bits per heavy atom. The van der Waals surface area contributed by atoms with Crippen LogP contribution in [0.2, 0.25) is 0 Å². The van der Waals surface area contributed by atoms with Gasteiger partial charge in [0.25, 0.3) is 0 Å². The minimum absolute atomic E-state index is 0. The number of para-hydroxylation sites is 1. The van der Waals surface area contributed by atoms with Crippen LogP contribution in [0, 0.1) is 0 Å². The van der Waals surface area contributed by atoms with Gasteiger partial charge in [-0.3, -0.25) is 0 Å².